The first-order valence-electron chi connectivity index (χ1n) is 9.75. The first-order chi connectivity index (χ1) is 14.9. The minimum absolute atomic E-state index is 0.00193. The van der Waals surface area contributed by atoms with Gasteiger partial charge < -0.3 is 25.7 Å². The van der Waals surface area contributed by atoms with Crippen LogP contribution in [0.2, 0.25) is 0 Å². The molecule has 0 atom stereocenters. The van der Waals surface area contributed by atoms with Crippen molar-refractivity contribution in [3.05, 3.63) is 83.9 Å². The maximum Gasteiger partial charge on any atom is 0.213 e. The molecule has 2 aromatic carbocycles. The second-order valence-corrected chi connectivity index (χ2v) is 7.24. The van der Waals surface area contributed by atoms with Crippen molar-refractivity contribution in [2.75, 3.05) is 17.4 Å². The maximum atomic E-state index is 9.88. The first-order valence-corrected chi connectivity index (χ1v) is 9.75. The van der Waals surface area contributed by atoms with Crippen LogP contribution < -0.4 is 10.3 Å². The van der Waals surface area contributed by atoms with Gasteiger partial charge in [-0.3, -0.25) is 9.58 Å². The van der Waals surface area contributed by atoms with E-state index in [2.05, 4.69) is 5.32 Å². The standard InChI is InChI=1S/C23H24N4O4/c1-25(27-22(30)12-13-23(27)31)19-8-4-17(5-9-19)14-16-2-6-18(7-3-16)24-15-26-20(28)10-11-21(26)29/h2-13,24,28-31H,14-15H2,1H3. The number of aromatic hydroxyl groups is 4. The molecular weight excluding hydrogens is 396 g/mol. The molecule has 0 fully saturated rings. The third-order valence-electron chi connectivity index (χ3n) is 5.16. The van der Waals surface area contributed by atoms with E-state index in [0.29, 0.717) is 0 Å². The van der Waals surface area contributed by atoms with Crippen molar-refractivity contribution in [3.63, 3.8) is 0 Å². The second kappa shape index (κ2) is 8.27. The van der Waals surface area contributed by atoms with Gasteiger partial charge in [-0.15, -0.1) is 0 Å². The van der Waals surface area contributed by atoms with Gasteiger partial charge in [0.1, 0.15) is 0 Å². The number of nitrogens with zero attached hydrogens (tertiary/aromatic N) is 3. The Labute approximate surface area is 179 Å². The lowest BCUT2D eigenvalue weighted by atomic mass is 10.0. The molecule has 8 heteroatoms. The van der Waals surface area contributed by atoms with Gasteiger partial charge in [-0.1, -0.05) is 24.3 Å². The summed E-state index contributed by atoms with van der Waals surface area (Å²) in [6.45, 7) is 0.255. The molecule has 8 nitrogen and oxygen atoms in total. The van der Waals surface area contributed by atoms with E-state index in [9.17, 15) is 20.4 Å². The Hall–Kier alpha value is -4.20. The van der Waals surface area contributed by atoms with Crippen molar-refractivity contribution in [1.82, 2.24) is 9.24 Å². The molecular formula is C23H24N4O4. The Morgan fingerprint density at radius 3 is 1.71 bits per heavy atom. The van der Waals surface area contributed by atoms with E-state index in [-0.39, 0.29) is 30.2 Å². The van der Waals surface area contributed by atoms with Crippen LogP contribution in [-0.2, 0) is 13.1 Å². The normalized spacial score (nSPS) is 10.9. The quantitative estimate of drug-likeness (QED) is 0.312. The fourth-order valence-corrected chi connectivity index (χ4v) is 3.41. The molecule has 160 valence electrons. The van der Waals surface area contributed by atoms with Crippen molar-refractivity contribution in [3.8, 4) is 23.5 Å². The predicted octanol–water partition coefficient (Wildman–Crippen LogP) is 3.67. The van der Waals surface area contributed by atoms with Crippen LogP contribution in [0.3, 0.4) is 0 Å². The summed E-state index contributed by atoms with van der Waals surface area (Å²) >= 11 is 0. The third-order valence-corrected chi connectivity index (χ3v) is 5.16. The minimum Gasteiger partial charge on any atom is -0.494 e. The van der Waals surface area contributed by atoms with Crippen LogP contribution in [-0.4, -0.2) is 36.7 Å². The fourth-order valence-electron chi connectivity index (χ4n) is 3.41. The summed E-state index contributed by atoms with van der Waals surface area (Å²) in [5.41, 5.74) is 3.96. The van der Waals surface area contributed by atoms with Crippen molar-refractivity contribution < 1.29 is 20.4 Å². The van der Waals surface area contributed by atoms with E-state index in [1.165, 1.54) is 33.5 Å². The van der Waals surface area contributed by atoms with E-state index in [1.54, 1.807) is 12.1 Å². The van der Waals surface area contributed by atoms with Crippen molar-refractivity contribution in [2.45, 2.75) is 13.1 Å². The average Bonchev–Trinajstić information content (AvgIpc) is 3.28. The lowest BCUT2D eigenvalue weighted by Crippen LogP contribution is -2.23. The molecule has 0 saturated heterocycles. The van der Waals surface area contributed by atoms with Crippen molar-refractivity contribution in [1.29, 1.82) is 0 Å². The molecule has 0 amide bonds. The maximum absolute atomic E-state index is 9.88. The second-order valence-electron chi connectivity index (χ2n) is 7.24. The molecule has 0 radical (unpaired) electrons. The number of rotatable bonds is 7. The van der Waals surface area contributed by atoms with Gasteiger partial charge in [-0.2, -0.15) is 4.68 Å². The Morgan fingerprint density at radius 2 is 1.16 bits per heavy atom. The fraction of sp³-hybridized carbons (Fsp3) is 0.130. The first kappa shape index (κ1) is 20.1. The minimum atomic E-state index is -0.0417. The number of hydrogen-bond acceptors (Lipinski definition) is 6. The Morgan fingerprint density at radius 1 is 0.677 bits per heavy atom. The lowest BCUT2D eigenvalue weighted by Gasteiger charge is -2.22. The van der Waals surface area contributed by atoms with Gasteiger partial charge in [0, 0.05) is 37.0 Å². The molecule has 5 N–H and O–H groups in total. The van der Waals surface area contributed by atoms with Gasteiger partial charge in [0.05, 0.1) is 12.4 Å². The molecule has 2 aromatic heterocycles. The van der Waals surface area contributed by atoms with E-state index in [1.807, 2.05) is 48.5 Å². The van der Waals surface area contributed by atoms with Gasteiger partial charge >= 0.3 is 0 Å². The highest BCUT2D eigenvalue weighted by Gasteiger charge is 2.12. The van der Waals surface area contributed by atoms with Crippen molar-refractivity contribution in [2.24, 2.45) is 0 Å². The van der Waals surface area contributed by atoms with Crippen LogP contribution in [0.5, 0.6) is 23.5 Å². The van der Waals surface area contributed by atoms with E-state index in [0.717, 1.165) is 28.9 Å². The van der Waals surface area contributed by atoms with Crippen LogP contribution in [0.4, 0.5) is 11.4 Å². The monoisotopic (exact) mass is 420 g/mol. The lowest BCUT2D eigenvalue weighted by molar-refractivity contribution is 0.374. The molecule has 4 aromatic rings. The van der Waals surface area contributed by atoms with Gasteiger partial charge in [0.15, 0.2) is 11.8 Å². The van der Waals surface area contributed by atoms with Crippen LogP contribution in [0.1, 0.15) is 11.1 Å². The van der Waals surface area contributed by atoms with Gasteiger partial charge in [-0.25, -0.2) is 0 Å². The molecule has 0 bridgehead atoms. The molecule has 0 spiro atoms. The number of aromatic nitrogens is 2. The van der Waals surface area contributed by atoms with Crippen molar-refractivity contribution >= 4 is 11.4 Å². The predicted molar refractivity (Wildman–Crippen MR) is 119 cm³/mol. The highest BCUT2D eigenvalue weighted by Crippen LogP contribution is 2.26. The molecule has 31 heavy (non-hydrogen) atoms. The van der Waals surface area contributed by atoms with Crippen LogP contribution in [0.15, 0.2) is 72.8 Å². The summed E-state index contributed by atoms with van der Waals surface area (Å²) in [6.07, 6.45) is 0.753. The molecule has 4 rings (SSSR count). The summed E-state index contributed by atoms with van der Waals surface area (Å²) in [7, 11) is 1.76. The average molecular weight is 420 g/mol. The van der Waals surface area contributed by atoms with Gasteiger partial charge in [-0.05, 0) is 41.8 Å². The zero-order valence-corrected chi connectivity index (χ0v) is 17.0. The Kier molecular flexibility index (Phi) is 5.36. The zero-order valence-electron chi connectivity index (χ0n) is 17.0. The summed E-state index contributed by atoms with van der Waals surface area (Å²) in [5, 5.41) is 44.0. The Balaban J connectivity index is 1.38. The SMILES string of the molecule is CN(c1ccc(Cc2ccc(NCn3c(O)ccc3O)cc2)cc1)n1c(O)ccc1O. The van der Waals surface area contributed by atoms with Crippen LogP contribution >= 0.6 is 0 Å². The van der Waals surface area contributed by atoms with E-state index < -0.39 is 0 Å². The summed E-state index contributed by atoms with van der Waals surface area (Å²) < 4.78 is 2.67. The van der Waals surface area contributed by atoms with Crippen LogP contribution in [0.25, 0.3) is 0 Å². The summed E-state index contributed by atoms with van der Waals surface area (Å²) in [4.78, 5) is 0. The number of hydrogen-bond donors (Lipinski definition) is 5. The Bertz CT molecular complexity index is 1120. The zero-order chi connectivity index (χ0) is 22.0. The topological polar surface area (TPSA) is 106 Å². The summed E-state index contributed by atoms with van der Waals surface area (Å²) in [6, 6.07) is 21.6. The molecule has 0 saturated carbocycles. The van der Waals surface area contributed by atoms with E-state index >= 15 is 0 Å². The molecule has 0 unspecified atom stereocenters. The van der Waals surface area contributed by atoms with E-state index in [4.69, 9.17) is 0 Å². The largest absolute Gasteiger partial charge is 0.494 e. The molecule has 0 aliphatic rings. The molecule has 0 aliphatic carbocycles. The smallest absolute Gasteiger partial charge is 0.213 e. The van der Waals surface area contributed by atoms with Gasteiger partial charge in [0.2, 0.25) is 11.8 Å². The highest BCUT2D eigenvalue weighted by molar-refractivity contribution is 5.50. The molecule has 0 aliphatic heterocycles. The van der Waals surface area contributed by atoms with Crippen LogP contribution in [0, 0.1) is 0 Å². The highest BCUT2D eigenvalue weighted by atomic mass is 16.3. The number of nitrogens with one attached hydrogen (secondary N) is 1. The third kappa shape index (κ3) is 4.23. The number of anilines is 2. The summed E-state index contributed by atoms with van der Waals surface area (Å²) in [5.74, 6) is -0.0872. The molecule has 2 heterocycles. The van der Waals surface area contributed by atoms with Gasteiger partial charge in [0.25, 0.3) is 0 Å². The number of benzene rings is 2.